The van der Waals surface area contributed by atoms with Gasteiger partial charge < -0.3 is 5.32 Å². The molecule has 2 atom stereocenters. The molecule has 5 heteroatoms. The summed E-state index contributed by atoms with van der Waals surface area (Å²) in [5.74, 6) is 0.692. The minimum absolute atomic E-state index is 0.129. The van der Waals surface area contributed by atoms with E-state index in [9.17, 15) is 9.59 Å². The van der Waals surface area contributed by atoms with E-state index in [1.54, 1.807) is 13.0 Å². The normalized spacial score (nSPS) is 21.9. The van der Waals surface area contributed by atoms with Crippen LogP contribution in [0.3, 0.4) is 0 Å². The molecule has 104 valence electrons. The zero-order valence-corrected chi connectivity index (χ0v) is 11.8. The quantitative estimate of drug-likeness (QED) is 0.860. The van der Waals surface area contributed by atoms with Gasteiger partial charge in [0.25, 0.3) is 5.56 Å². The average Bonchev–Trinajstić information content (AvgIpc) is 2.42. The van der Waals surface area contributed by atoms with Crippen LogP contribution < -0.4 is 10.9 Å². The van der Waals surface area contributed by atoms with Gasteiger partial charge in [0.1, 0.15) is 11.9 Å². The van der Waals surface area contributed by atoms with Gasteiger partial charge in [0.05, 0.1) is 16.9 Å². The minimum Gasteiger partial charge on any atom is -0.344 e. The second-order valence-corrected chi connectivity index (χ2v) is 5.57. The summed E-state index contributed by atoms with van der Waals surface area (Å²) >= 11 is 0. The summed E-state index contributed by atoms with van der Waals surface area (Å²) < 4.78 is 1.53. The van der Waals surface area contributed by atoms with Gasteiger partial charge in [-0.15, -0.1) is 0 Å². The second-order valence-electron chi connectivity index (χ2n) is 5.57. The number of benzene rings is 1. The van der Waals surface area contributed by atoms with E-state index >= 15 is 0 Å². The maximum Gasteiger partial charge on any atom is 0.262 e. The molecule has 0 saturated heterocycles. The van der Waals surface area contributed by atoms with Crippen LogP contribution in [0, 0.1) is 5.92 Å². The topological polar surface area (TPSA) is 64.0 Å². The highest BCUT2D eigenvalue weighted by Crippen LogP contribution is 2.27. The molecule has 0 unspecified atom stereocenters. The molecule has 20 heavy (non-hydrogen) atoms. The third-order valence-corrected chi connectivity index (χ3v) is 3.84. The first-order valence-electron chi connectivity index (χ1n) is 6.82. The Bertz CT molecular complexity index is 748. The zero-order valence-electron chi connectivity index (χ0n) is 11.8. The maximum atomic E-state index is 12.6. The SMILES string of the molecule is CC(C)[C@@H]1NC(=O)[C@H](C)n2c1nc1ccccc1c2=O. The summed E-state index contributed by atoms with van der Waals surface area (Å²) in [4.78, 5) is 29.3. The number of rotatable bonds is 1. The Morgan fingerprint density at radius 2 is 1.95 bits per heavy atom. The largest absolute Gasteiger partial charge is 0.344 e. The number of para-hydroxylation sites is 1. The van der Waals surface area contributed by atoms with Gasteiger partial charge in [0.15, 0.2) is 0 Å². The van der Waals surface area contributed by atoms with E-state index in [0.717, 1.165) is 0 Å². The molecule has 1 aliphatic rings. The molecule has 1 aromatic heterocycles. The lowest BCUT2D eigenvalue weighted by Crippen LogP contribution is -2.48. The smallest absolute Gasteiger partial charge is 0.262 e. The summed E-state index contributed by atoms with van der Waals surface area (Å²) in [5, 5.41) is 3.51. The number of nitrogens with one attached hydrogen (secondary N) is 1. The van der Waals surface area contributed by atoms with Crippen LogP contribution >= 0.6 is 0 Å². The summed E-state index contributed by atoms with van der Waals surface area (Å²) in [5.41, 5.74) is 0.538. The first-order valence-corrected chi connectivity index (χ1v) is 6.82. The van der Waals surface area contributed by atoms with Crippen molar-refractivity contribution in [3.05, 3.63) is 40.4 Å². The third-order valence-electron chi connectivity index (χ3n) is 3.84. The van der Waals surface area contributed by atoms with Gasteiger partial charge in [-0.1, -0.05) is 26.0 Å². The third kappa shape index (κ3) is 1.73. The van der Waals surface area contributed by atoms with Crippen LogP contribution in [0.5, 0.6) is 0 Å². The van der Waals surface area contributed by atoms with Crippen molar-refractivity contribution in [3.63, 3.8) is 0 Å². The van der Waals surface area contributed by atoms with Crippen LogP contribution in [-0.2, 0) is 4.79 Å². The van der Waals surface area contributed by atoms with Gasteiger partial charge in [0.2, 0.25) is 5.91 Å². The fourth-order valence-corrected chi connectivity index (χ4v) is 2.68. The van der Waals surface area contributed by atoms with Crippen molar-refractivity contribution in [1.82, 2.24) is 14.9 Å². The van der Waals surface area contributed by atoms with E-state index in [2.05, 4.69) is 10.3 Å². The Hall–Kier alpha value is -2.17. The Morgan fingerprint density at radius 1 is 1.25 bits per heavy atom. The second kappa shape index (κ2) is 4.44. The lowest BCUT2D eigenvalue weighted by molar-refractivity contribution is -0.126. The van der Waals surface area contributed by atoms with Crippen LogP contribution in [-0.4, -0.2) is 15.5 Å². The van der Waals surface area contributed by atoms with Crippen LogP contribution in [0.25, 0.3) is 10.9 Å². The first kappa shape index (κ1) is 12.8. The van der Waals surface area contributed by atoms with Crippen LogP contribution in [0.4, 0.5) is 0 Å². The molecule has 0 spiro atoms. The Kier molecular flexibility index (Phi) is 2.85. The van der Waals surface area contributed by atoms with E-state index in [1.165, 1.54) is 4.57 Å². The number of hydrogen-bond donors (Lipinski definition) is 1. The van der Waals surface area contributed by atoms with Crippen molar-refractivity contribution >= 4 is 16.8 Å². The van der Waals surface area contributed by atoms with E-state index in [0.29, 0.717) is 16.7 Å². The zero-order chi connectivity index (χ0) is 14.4. The highest BCUT2D eigenvalue weighted by atomic mass is 16.2. The van der Waals surface area contributed by atoms with E-state index in [4.69, 9.17) is 0 Å². The van der Waals surface area contributed by atoms with Crippen molar-refractivity contribution in [2.24, 2.45) is 5.92 Å². The van der Waals surface area contributed by atoms with Crippen LogP contribution in [0.15, 0.2) is 29.1 Å². The fourth-order valence-electron chi connectivity index (χ4n) is 2.68. The predicted molar refractivity (Wildman–Crippen MR) is 76.4 cm³/mol. The van der Waals surface area contributed by atoms with Crippen LogP contribution in [0.1, 0.15) is 38.7 Å². The molecule has 0 aliphatic carbocycles. The van der Waals surface area contributed by atoms with Crippen molar-refractivity contribution in [3.8, 4) is 0 Å². The van der Waals surface area contributed by atoms with Crippen molar-refractivity contribution in [1.29, 1.82) is 0 Å². The molecule has 1 N–H and O–H groups in total. The van der Waals surface area contributed by atoms with Gasteiger partial charge in [-0.3, -0.25) is 14.2 Å². The molecule has 0 radical (unpaired) electrons. The molecule has 1 amide bonds. The molecular weight excluding hydrogens is 254 g/mol. The standard InChI is InChI=1S/C15H17N3O2/c1-8(2)12-13-16-11-7-5-4-6-10(11)15(20)18(13)9(3)14(19)17-12/h4-9,12H,1-3H3,(H,17,19)/t9-,12-/m0/s1. The number of aromatic nitrogens is 2. The monoisotopic (exact) mass is 271 g/mol. The van der Waals surface area contributed by atoms with Gasteiger partial charge in [-0.2, -0.15) is 0 Å². The summed E-state index contributed by atoms with van der Waals surface area (Å²) in [6.45, 7) is 5.74. The number of carbonyl (C=O) groups excluding carboxylic acids is 1. The van der Waals surface area contributed by atoms with Gasteiger partial charge in [-0.25, -0.2) is 4.98 Å². The highest BCUT2D eigenvalue weighted by Gasteiger charge is 2.34. The van der Waals surface area contributed by atoms with Crippen LogP contribution in [0.2, 0.25) is 0 Å². The number of amides is 1. The van der Waals surface area contributed by atoms with E-state index in [1.807, 2.05) is 32.0 Å². The summed E-state index contributed by atoms with van der Waals surface area (Å²) in [6, 6.07) is 6.51. The fraction of sp³-hybridized carbons (Fsp3) is 0.400. The first-order chi connectivity index (χ1) is 9.50. The van der Waals surface area contributed by atoms with Gasteiger partial charge in [-0.05, 0) is 25.0 Å². The molecule has 1 aliphatic heterocycles. The molecule has 2 aromatic rings. The molecule has 1 aromatic carbocycles. The molecule has 0 saturated carbocycles. The summed E-state index contributed by atoms with van der Waals surface area (Å²) in [7, 11) is 0. The number of hydrogen-bond acceptors (Lipinski definition) is 3. The van der Waals surface area contributed by atoms with Gasteiger partial charge in [0, 0.05) is 0 Å². The maximum absolute atomic E-state index is 12.6. The molecule has 5 nitrogen and oxygen atoms in total. The molecular formula is C15H17N3O2. The lowest BCUT2D eigenvalue weighted by Gasteiger charge is -2.33. The Labute approximate surface area is 116 Å². The number of carbonyl (C=O) groups is 1. The van der Waals surface area contributed by atoms with Gasteiger partial charge >= 0.3 is 0 Å². The average molecular weight is 271 g/mol. The number of nitrogens with zero attached hydrogens (tertiary/aromatic N) is 2. The minimum atomic E-state index is -0.524. The Morgan fingerprint density at radius 3 is 2.65 bits per heavy atom. The Balaban J connectivity index is 2.38. The van der Waals surface area contributed by atoms with Crippen molar-refractivity contribution < 1.29 is 4.79 Å². The van der Waals surface area contributed by atoms with E-state index in [-0.39, 0.29) is 23.4 Å². The van der Waals surface area contributed by atoms with Crippen molar-refractivity contribution in [2.45, 2.75) is 32.9 Å². The summed E-state index contributed by atoms with van der Waals surface area (Å²) in [6.07, 6.45) is 0. The lowest BCUT2D eigenvalue weighted by atomic mass is 9.99. The molecule has 2 heterocycles. The highest BCUT2D eigenvalue weighted by molar-refractivity contribution is 5.83. The van der Waals surface area contributed by atoms with E-state index < -0.39 is 6.04 Å². The molecule has 0 bridgehead atoms. The molecule has 0 fully saturated rings. The van der Waals surface area contributed by atoms with Crippen molar-refractivity contribution in [2.75, 3.05) is 0 Å². The predicted octanol–water partition coefficient (Wildman–Crippen LogP) is 1.78. The number of fused-ring (bicyclic) bond motifs is 2. The molecule has 3 rings (SSSR count).